The maximum Gasteiger partial charge on any atom is 0.333 e. The largest absolute Gasteiger partial charge is 0.491 e. The predicted molar refractivity (Wildman–Crippen MR) is 94.8 cm³/mol. The summed E-state index contributed by atoms with van der Waals surface area (Å²) in [5.74, 6) is -0.345. The van der Waals surface area contributed by atoms with Gasteiger partial charge in [0.15, 0.2) is 6.10 Å². The molecule has 2 N–H and O–H groups in total. The van der Waals surface area contributed by atoms with Gasteiger partial charge in [-0.3, -0.25) is 0 Å². The van der Waals surface area contributed by atoms with E-state index in [0.29, 0.717) is 18.8 Å². The maximum atomic E-state index is 11.1. The van der Waals surface area contributed by atoms with Crippen LogP contribution in [0.1, 0.15) is 29.7 Å². The minimum atomic E-state index is -0.969. The quantitative estimate of drug-likeness (QED) is 0.731. The molecule has 5 nitrogen and oxygen atoms in total. The number of rotatable bonds is 9. The number of aliphatic hydroxyl groups excluding tert-OH is 1. The van der Waals surface area contributed by atoms with Crippen LogP contribution in [0.2, 0.25) is 0 Å². The van der Waals surface area contributed by atoms with E-state index >= 15 is 0 Å². The standard InChI is InChI=1S/C20H24O5/c1-3-24-19(20(22)23)12-15-7-9-17(10-8-15)25-13-18(21)16-6-4-5-14(2)11-16/h4-11,18-19,21H,3,12-13H2,1-2H3,(H,22,23)/t18-,19?/m1/s1. The van der Waals surface area contributed by atoms with Gasteiger partial charge in [0.05, 0.1) is 0 Å². The summed E-state index contributed by atoms with van der Waals surface area (Å²) in [6, 6.07) is 14.8. The number of aliphatic carboxylic acids is 1. The van der Waals surface area contributed by atoms with Gasteiger partial charge in [-0.25, -0.2) is 4.79 Å². The Bertz CT molecular complexity index is 681. The summed E-state index contributed by atoms with van der Waals surface area (Å²) >= 11 is 0. The van der Waals surface area contributed by atoms with Gasteiger partial charge in [-0.1, -0.05) is 42.0 Å². The molecule has 2 rings (SSSR count). The Labute approximate surface area is 147 Å². The van der Waals surface area contributed by atoms with Crippen LogP contribution in [-0.4, -0.2) is 35.5 Å². The monoisotopic (exact) mass is 344 g/mol. The Kier molecular flexibility index (Phi) is 6.98. The van der Waals surface area contributed by atoms with E-state index in [1.165, 1.54) is 0 Å². The molecule has 2 atom stereocenters. The van der Waals surface area contributed by atoms with Crippen LogP contribution in [0.5, 0.6) is 5.75 Å². The first-order valence-corrected chi connectivity index (χ1v) is 8.30. The molecule has 0 spiro atoms. The van der Waals surface area contributed by atoms with Crippen molar-refractivity contribution in [2.45, 2.75) is 32.5 Å². The fraction of sp³-hybridized carbons (Fsp3) is 0.350. The second-order valence-electron chi connectivity index (χ2n) is 5.87. The van der Waals surface area contributed by atoms with E-state index < -0.39 is 18.2 Å². The van der Waals surface area contributed by atoms with Crippen molar-refractivity contribution in [2.75, 3.05) is 13.2 Å². The summed E-state index contributed by atoms with van der Waals surface area (Å²) in [5.41, 5.74) is 2.76. The average Bonchev–Trinajstić information content (AvgIpc) is 2.60. The average molecular weight is 344 g/mol. The molecule has 0 saturated carbocycles. The molecule has 2 aromatic rings. The number of aliphatic hydroxyl groups is 1. The number of carboxylic acid groups (broad SMARTS) is 1. The first-order chi connectivity index (χ1) is 12.0. The molecule has 134 valence electrons. The van der Waals surface area contributed by atoms with Crippen molar-refractivity contribution in [3.05, 3.63) is 65.2 Å². The number of hydrogen-bond acceptors (Lipinski definition) is 4. The van der Waals surface area contributed by atoms with Crippen LogP contribution in [0, 0.1) is 6.92 Å². The van der Waals surface area contributed by atoms with Crippen LogP contribution in [0.3, 0.4) is 0 Å². The molecule has 0 aliphatic heterocycles. The molecule has 0 fully saturated rings. The van der Waals surface area contributed by atoms with E-state index in [2.05, 4.69) is 0 Å². The number of benzene rings is 2. The molecule has 1 unspecified atom stereocenters. The predicted octanol–water partition coefficient (Wildman–Crippen LogP) is 3.14. The fourth-order valence-corrected chi connectivity index (χ4v) is 2.50. The minimum Gasteiger partial charge on any atom is -0.491 e. The number of carboxylic acids is 1. The Morgan fingerprint density at radius 1 is 1.16 bits per heavy atom. The summed E-state index contributed by atoms with van der Waals surface area (Å²) < 4.78 is 10.8. The van der Waals surface area contributed by atoms with Crippen molar-refractivity contribution < 1.29 is 24.5 Å². The summed E-state index contributed by atoms with van der Waals surface area (Å²) in [5, 5.41) is 19.3. The van der Waals surface area contributed by atoms with Crippen molar-refractivity contribution in [1.29, 1.82) is 0 Å². The van der Waals surface area contributed by atoms with E-state index in [1.54, 1.807) is 19.1 Å². The van der Waals surface area contributed by atoms with E-state index in [-0.39, 0.29) is 6.61 Å². The van der Waals surface area contributed by atoms with Gasteiger partial charge >= 0.3 is 5.97 Å². The highest BCUT2D eigenvalue weighted by Crippen LogP contribution is 2.19. The van der Waals surface area contributed by atoms with Crippen LogP contribution in [0.25, 0.3) is 0 Å². The molecular weight excluding hydrogens is 320 g/mol. The summed E-state index contributed by atoms with van der Waals surface area (Å²) in [6.07, 6.45) is -1.25. The Morgan fingerprint density at radius 2 is 1.88 bits per heavy atom. The van der Waals surface area contributed by atoms with Gasteiger partial charge in [0, 0.05) is 13.0 Å². The smallest absolute Gasteiger partial charge is 0.333 e. The molecule has 0 heterocycles. The van der Waals surface area contributed by atoms with Gasteiger partial charge in [0.2, 0.25) is 0 Å². The SMILES string of the molecule is CCOC(Cc1ccc(OC[C@@H](O)c2cccc(C)c2)cc1)C(=O)O. The third-order valence-electron chi connectivity index (χ3n) is 3.82. The number of aryl methyl sites for hydroxylation is 1. The highest BCUT2D eigenvalue weighted by molar-refractivity contribution is 5.72. The highest BCUT2D eigenvalue weighted by Gasteiger charge is 2.17. The van der Waals surface area contributed by atoms with Crippen LogP contribution < -0.4 is 4.74 Å². The maximum absolute atomic E-state index is 11.1. The molecule has 0 bridgehead atoms. The van der Waals surface area contributed by atoms with Gasteiger partial charge in [-0.05, 0) is 37.1 Å². The number of carbonyl (C=O) groups is 1. The molecule has 2 aromatic carbocycles. The lowest BCUT2D eigenvalue weighted by molar-refractivity contribution is -0.149. The first kappa shape index (κ1) is 19.0. The molecule has 5 heteroatoms. The van der Waals surface area contributed by atoms with E-state index in [9.17, 15) is 9.90 Å². The summed E-state index contributed by atoms with van der Waals surface area (Å²) in [4.78, 5) is 11.1. The lowest BCUT2D eigenvalue weighted by Crippen LogP contribution is -2.26. The third-order valence-corrected chi connectivity index (χ3v) is 3.82. The van der Waals surface area contributed by atoms with Gasteiger partial charge < -0.3 is 19.7 Å². The van der Waals surface area contributed by atoms with Gasteiger partial charge in [-0.15, -0.1) is 0 Å². The lowest BCUT2D eigenvalue weighted by atomic mass is 10.1. The van der Waals surface area contributed by atoms with E-state index in [1.807, 2.05) is 43.3 Å². The zero-order valence-electron chi connectivity index (χ0n) is 14.5. The topological polar surface area (TPSA) is 76.0 Å². The first-order valence-electron chi connectivity index (χ1n) is 8.30. The van der Waals surface area contributed by atoms with Crippen LogP contribution in [0.4, 0.5) is 0 Å². The Balaban J connectivity index is 1.90. The van der Waals surface area contributed by atoms with Crippen molar-refractivity contribution >= 4 is 5.97 Å². The third kappa shape index (κ3) is 5.89. The molecule has 0 aliphatic rings. The zero-order valence-corrected chi connectivity index (χ0v) is 14.5. The second-order valence-corrected chi connectivity index (χ2v) is 5.87. The Morgan fingerprint density at radius 3 is 2.48 bits per heavy atom. The van der Waals surface area contributed by atoms with Gasteiger partial charge in [0.1, 0.15) is 18.5 Å². The number of ether oxygens (including phenoxy) is 2. The van der Waals surface area contributed by atoms with E-state index in [4.69, 9.17) is 14.6 Å². The molecule has 0 aliphatic carbocycles. The van der Waals surface area contributed by atoms with Crippen molar-refractivity contribution in [1.82, 2.24) is 0 Å². The van der Waals surface area contributed by atoms with Crippen molar-refractivity contribution in [3.63, 3.8) is 0 Å². The van der Waals surface area contributed by atoms with Gasteiger partial charge in [-0.2, -0.15) is 0 Å². The summed E-state index contributed by atoms with van der Waals surface area (Å²) in [6.45, 7) is 4.25. The van der Waals surface area contributed by atoms with Gasteiger partial charge in [0.25, 0.3) is 0 Å². The normalized spacial score (nSPS) is 13.2. The molecule has 0 aromatic heterocycles. The van der Waals surface area contributed by atoms with Crippen molar-refractivity contribution in [3.8, 4) is 5.75 Å². The molecule has 0 radical (unpaired) electrons. The molecular formula is C20H24O5. The zero-order chi connectivity index (χ0) is 18.2. The second kappa shape index (κ2) is 9.20. The molecule has 0 saturated heterocycles. The highest BCUT2D eigenvalue weighted by atomic mass is 16.5. The number of hydrogen-bond donors (Lipinski definition) is 2. The van der Waals surface area contributed by atoms with Crippen molar-refractivity contribution in [2.24, 2.45) is 0 Å². The molecule has 25 heavy (non-hydrogen) atoms. The minimum absolute atomic E-state index is 0.152. The Hall–Kier alpha value is -2.37. The van der Waals surface area contributed by atoms with E-state index in [0.717, 1.165) is 16.7 Å². The van der Waals surface area contributed by atoms with Crippen LogP contribution >= 0.6 is 0 Å². The summed E-state index contributed by atoms with van der Waals surface area (Å²) in [7, 11) is 0. The fourth-order valence-electron chi connectivity index (χ4n) is 2.50. The molecule has 0 amide bonds. The van der Waals surface area contributed by atoms with Crippen LogP contribution in [-0.2, 0) is 16.0 Å². The lowest BCUT2D eigenvalue weighted by Gasteiger charge is -2.14. The van der Waals surface area contributed by atoms with Crippen LogP contribution in [0.15, 0.2) is 48.5 Å².